The van der Waals surface area contributed by atoms with E-state index < -0.39 is 5.97 Å². The minimum Gasteiger partial charge on any atom is -0.480 e. The van der Waals surface area contributed by atoms with Gasteiger partial charge >= 0.3 is 5.97 Å². The van der Waals surface area contributed by atoms with Crippen LogP contribution in [0.25, 0.3) is 0 Å². The van der Waals surface area contributed by atoms with Gasteiger partial charge in [0.2, 0.25) is 5.91 Å². The molecule has 0 radical (unpaired) electrons. The summed E-state index contributed by atoms with van der Waals surface area (Å²) >= 11 is 0. The fourth-order valence-corrected chi connectivity index (χ4v) is 2.16. The number of carbonyl (C=O) groups is 2. The molecule has 1 rings (SSSR count). The zero-order valence-corrected chi connectivity index (χ0v) is 10.8. The first-order valence-electron chi connectivity index (χ1n) is 6.23. The molecule has 1 heterocycles. The van der Waals surface area contributed by atoms with Gasteiger partial charge in [0, 0.05) is 6.04 Å². The molecule has 17 heavy (non-hydrogen) atoms. The number of rotatable bonds is 5. The van der Waals surface area contributed by atoms with Crippen molar-refractivity contribution in [2.45, 2.75) is 45.7 Å². The van der Waals surface area contributed by atoms with Gasteiger partial charge in [0.05, 0.1) is 6.04 Å². The molecular weight excluding hydrogens is 220 g/mol. The van der Waals surface area contributed by atoms with Gasteiger partial charge in [-0.05, 0) is 32.2 Å². The second-order valence-electron chi connectivity index (χ2n) is 4.81. The summed E-state index contributed by atoms with van der Waals surface area (Å²) in [5.41, 5.74) is 0. The van der Waals surface area contributed by atoms with E-state index in [-0.39, 0.29) is 30.5 Å². The first-order chi connectivity index (χ1) is 7.97. The van der Waals surface area contributed by atoms with Gasteiger partial charge in [0.1, 0.15) is 6.54 Å². The van der Waals surface area contributed by atoms with Gasteiger partial charge in [0.25, 0.3) is 0 Å². The predicted octanol–water partition coefficient (Wildman–Crippen LogP) is 0.696. The van der Waals surface area contributed by atoms with E-state index in [1.165, 1.54) is 4.90 Å². The summed E-state index contributed by atoms with van der Waals surface area (Å²) in [6.07, 6.45) is 1.73. The van der Waals surface area contributed by atoms with Crippen molar-refractivity contribution in [1.29, 1.82) is 0 Å². The first kappa shape index (κ1) is 14.0. The molecule has 0 aromatic carbocycles. The van der Waals surface area contributed by atoms with Crippen LogP contribution in [0, 0.1) is 5.92 Å². The van der Waals surface area contributed by atoms with Gasteiger partial charge in [-0.15, -0.1) is 0 Å². The van der Waals surface area contributed by atoms with Gasteiger partial charge in [-0.25, -0.2) is 0 Å². The van der Waals surface area contributed by atoms with Crippen molar-refractivity contribution in [3.05, 3.63) is 0 Å². The highest BCUT2D eigenvalue weighted by Gasteiger charge is 2.34. The Bertz CT molecular complexity index is 293. The highest BCUT2D eigenvalue weighted by Crippen LogP contribution is 2.18. The molecule has 3 unspecified atom stereocenters. The molecule has 1 aliphatic heterocycles. The molecular formula is C12H22N2O3. The van der Waals surface area contributed by atoms with Gasteiger partial charge in [-0.1, -0.05) is 13.8 Å². The number of hydrogen-bond acceptors (Lipinski definition) is 3. The van der Waals surface area contributed by atoms with Crippen LogP contribution >= 0.6 is 0 Å². The Morgan fingerprint density at radius 3 is 2.59 bits per heavy atom. The molecule has 0 aromatic heterocycles. The summed E-state index contributed by atoms with van der Waals surface area (Å²) in [4.78, 5) is 24.6. The van der Waals surface area contributed by atoms with Gasteiger partial charge in [0.15, 0.2) is 0 Å². The molecule has 0 spiro atoms. The Morgan fingerprint density at radius 1 is 1.53 bits per heavy atom. The Balaban J connectivity index is 2.74. The molecule has 98 valence electrons. The topological polar surface area (TPSA) is 69.6 Å². The third-order valence-electron chi connectivity index (χ3n) is 3.51. The summed E-state index contributed by atoms with van der Waals surface area (Å²) in [5.74, 6) is -0.751. The standard InChI is InChI=1S/C12H22N2O3/c1-4-9(3)14(7-10(15)16)12(17)11-8(2)5-6-13-11/h8-9,11,13H,4-7H2,1-3H3,(H,15,16). The van der Waals surface area contributed by atoms with Crippen LogP contribution in [0.15, 0.2) is 0 Å². The summed E-state index contributed by atoms with van der Waals surface area (Å²) < 4.78 is 0. The van der Waals surface area contributed by atoms with Gasteiger partial charge in [-0.2, -0.15) is 0 Å². The van der Waals surface area contributed by atoms with Crippen molar-refractivity contribution >= 4 is 11.9 Å². The Kier molecular flexibility index (Phi) is 4.93. The molecule has 3 atom stereocenters. The number of nitrogens with one attached hydrogen (secondary N) is 1. The predicted molar refractivity (Wildman–Crippen MR) is 64.7 cm³/mol. The molecule has 0 saturated carbocycles. The number of carboxylic acids is 1. The van der Waals surface area contributed by atoms with E-state index in [1.54, 1.807) is 0 Å². The number of aliphatic carboxylic acids is 1. The van der Waals surface area contributed by atoms with Crippen LogP contribution in [0.5, 0.6) is 0 Å². The normalized spacial score (nSPS) is 25.6. The second kappa shape index (κ2) is 6.00. The molecule has 1 aliphatic rings. The fourth-order valence-electron chi connectivity index (χ4n) is 2.16. The van der Waals surface area contributed by atoms with Crippen molar-refractivity contribution in [1.82, 2.24) is 10.2 Å². The zero-order valence-electron chi connectivity index (χ0n) is 10.8. The average molecular weight is 242 g/mol. The molecule has 1 fully saturated rings. The molecule has 5 nitrogen and oxygen atoms in total. The molecule has 0 aliphatic carbocycles. The number of carboxylic acid groups (broad SMARTS) is 1. The quantitative estimate of drug-likeness (QED) is 0.744. The van der Waals surface area contributed by atoms with E-state index in [2.05, 4.69) is 5.32 Å². The van der Waals surface area contributed by atoms with Crippen LogP contribution in [0.3, 0.4) is 0 Å². The largest absolute Gasteiger partial charge is 0.480 e. The maximum atomic E-state index is 12.3. The Hall–Kier alpha value is -1.10. The van der Waals surface area contributed by atoms with Crippen molar-refractivity contribution in [2.24, 2.45) is 5.92 Å². The minimum atomic E-state index is -0.954. The van der Waals surface area contributed by atoms with Gasteiger partial charge in [-0.3, -0.25) is 9.59 Å². The number of amides is 1. The number of carbonyl (C=O) groups excluding carboxylic acids is 1. The van der Waals surface area contributed by atoms with E-state index in [1.807, 2.05) is 20.8 Å². The van der Waals surface area contributed by atoms with Crippen LogP contribution in [-0.2, 0) is 9.59 Å². The van der Waals surface area contributed by atoms with E-state index >= 15 is 0 Å². The highest BCUT2D eigenvalue weighted by atomic mass is 16.4. The first-order valence-corrected chi connectivity index (χ1v) is 6.23. The second-order valence-corrected chi connectivity index (χ2v) is 4.81. The molecule has 0 aromatic rings. The van der Waals surface area contributed by atoms with Crippen LogP contribution in [0.2, 0.25) is 0 Å². The molecule has 1 amide bonds. The number of hydrogen-bond donors (Lipinski definition) is 2. The molecule has 5 heteroatoms. The summed E-state index contributed by atoms with van der Waals surface area (Å²) in [6, 6.07) is -0.253. The van der Waals surface area contributed by atoms with Crippen molar-refractivity contribution in [3.63, 3.8) is 0 Å². The smallest absolute Gasteiger partial charge is 0.323 e. The third-order valence-corrected chi connectivity index (χ3v) is 3.51. The lowest BCUT2D eigenvalue weighted by molar-refractivity contribution is -0.147. The molecule has 2 N–H and O–H groups in total. The number of nitrogens with zero attached hydrogens (tertiary/aromatic N) is 1. The van der Waals surface area contributed by atoms with E-state index in [4.69, 9.17) is 5.11 Å². The minimum absolute atomic E-state index is 0.0341. The molecule has 0 bridgehead atoms. The third kappa shape index (κ3) is 3.43. The average Bonchev–Trinajstić information content (AvgIpc) is 2.70. The van der Waals surface area contributed by atoms with E-state index in [0.717, 1.165) is 19.4 Å². The molecule has 1 saturated heterocycles. The lowest BCUT2D eigenvalue weighted by Gasteiger charge is -2.30. The monoisotopic (exact) mass is 242 g/mol. The van der Waals surface area contributed by atoms with Crippen LogP contribution in [0.4, 0.5) is 0 Å². The van der Waals surface area contributed by atoms with Crippen molar-refractivity contribution < 1.29 is 14.7 Å². The Morgan fingerprint density at radius 2 is 2.18 bits per heavy atom. The maximum Gasteiger partial charge on any atom is 0.323 e. The van der Waals surface area contributed by atoms with Crippen LogP contribution < -0.4 is 5.32 Å². The Labute approximate surface area is 102 Å². The highest BCUT2D eigenvalue weighted by molar-refractivity contribution is 5.86. The van der Waals surface area contributed by atoms with Gasteiger partial charge < -0.3 is 15.3 Å². The van der Waals surface area contributed by atoms with Crippen molar-refractivity contribution in [2.75, 3.05) is 13.1 Å². The summed E-state index contributed by atoms with van der Waals surface area (Å²) in [5, 5.41) is 12.0. The van der Waals surface area contributed by atoms with Crippen molar-refractivity contribution in [3.8, 4) is 0 Å². The summed E-state index contributed by atoms with van der Waals surface area (Å²) in [6.45, 7) is 6.49. The van der Waals surface area contributed by atoms with Crippen LogP contribution in [-0.4, -0.2) is 47.1 Å². The van der Waals surface area contributed by atoms with E-state index in [9.17, 15) is 9.59 Å². The maximum absolute atomic E-state index is 12.3. The lowest BCUT2D eigenvalue weighted by atomic mass is 10.0. The van der Waals surface area contributed by atoms with E-state index in [0.29, 0.717) is 0 Å². The fraction of sp³-hybridized carbons (Fsp3) is 0.833. The lowest BCUT2D eigenvalue weighted by Crippen LogP contribution is -2.51. The summed E-state index contributed by atoms with van der Waals surface area (Å²) in [7, 11) is 0. The SMILES string of the molecule is CCC(C)N(CC(=O)O)C(=O)C1NCCC1C. The van der Waals surface area contributed by atoms with Crippen LogP contribution in [0.1, 0.15) is 33.6 Å². The zero-order chi connectivity index (χ0) is 13.0.